The van der Waals surface area contributed by atoms with E-state index < -0.39 is 16.9 Å². The average Bonchev–Trinajstić information content (AvgIpc) is 2.37. The summed E-state index contributed by atoms with van der Waals surface area (Å²) in [5.74, 6) is -1.27. The van der Waals surface area contributed by atoms with Gasteiger partial charge in [-0.25, -0.2) is 9.59 Å². The van der Waals surface area contributed by atoms with Gasteiger partial charge in [-0.2, -0.15) is 0 Å². The number of carboxylic acid groups (broad SMARTS) is 1. The molecule has 0 spiro atoms. The largest absolute Gasteiger partial charge is 0.478 e. The fraction of sp³-hybridized carbons (Fsp3) is 0.273. The fourth-order valence-electron chi connectivity index (χ4n) is 1.29. The van der Waals surface area contributed by atoms with Crippen LogP contribution in [0.25, 0.3) is 0 Å². The Morgan fingerprint density at radius 3 is 2.58 bits per heavy atom. The van der Waals surface area contributed by atoms with Gasteiger partial charge >= 0.3 is 12.0 Å². The molecule has 0 atom stereocenters. The molecule has 0 aromatic heterocycles. The molecule has 1 rings (SSSR count). The summed E-state index contributed by atoms with van der Waals surface area (Å²) in [5.41, 5.74) is -0.602. The van der Waals surface area contributed by atoms with Crippen molar-refractivity contribution in [1.29, 1.82) is 0 Å². The van der Waals surface area contributed by atoms with E-state index in [9.17, 15) is 19.7 Å². The molecule has 0 saturated heterocycles. The molecule has 2 N–H and O–H groups in total. The van der Waals surface area contributed by atoms with Gasteiger partial charge in [0.25, 0.3) is 5.69 Å². The number of nitrogens with one attached hydrogen (secondary N) is 1. The van der Waals surface area contributed by atoms with Gasteiger partial charge in [0, 0.05) is 25.7 Å². The van der Waals surface area contributed by atoms with Crippen molar-refractivity contribution in [2.75, 3.05) is 18.9 Å². The van der Waals surface area contributed by atoms with Crippen LogP contribution in [0.15, 0.2) is 18.2 Å². The molecule has 0 fully saturated rings. The van der Waals surface area contributed by atoms with Crippen LogP contribution in [0.3, 0.4) is 0 Å². The summed E-state index contributed by atoms with van der Waals surface area (Å²) in [5, 5.41) is 22.0. The number of hydrogen-bond donors (Lipinski definition) is 2. The summed E-state index contributed by atoms with van der Waals surface area (Å²) in [6.07, 6.45) is 0. The van der Waals surface area contributed by atoms with Crippen LogP contribution in [0, 0.1) is 10.1 Å². The van der Waals surface area contributed by atoms with E-state index in [2.05, 4.69) is 5.32 Å². The number of non-ortho nitro benzene ring substituents is 1. The normalized spacial score (nSPS) is 9.79. The first-order chi connectivity index (χ1) is 8.86. The third kappa shape index (κ3) is 3.41. The number of hydrogen-bond acceptors (Lipinski definition) is 4. The highest BCUT2D eigenvalue weighted by Gasteiger charge is 2.18. The maximum absolute atomic E-state index is 11.7. The predicted octanol–water partition coefficient (Wildman–Crippen LogP) is 1.78. The smallest absolute Gasteiger partial charge is 0.337 e. The molecular weight excluding hydrogens is 254 g/mol. The Balaban J connectivity index is 3.14. The number of anilines is 1. The molecule has 8 heteroatoms. The summed E-state index contributed by atoms with van der Waals surface area (Å²) < 4.78 is 0. The van der Waals surface area contributed by atoms with Crippen molar-refractivity contribution in [3.05, 3.63) is 33.9 Å². The summed E-state index contributed by atoms with van der Waals surface area (Å²) in [6.45, 7) is 2.16. The van der Waals surface area contributed by atoms with E-state index in [0.29, 0.717) is 6.54 Å². The summed E-state index contributed by atoms with van der Waals surface area (Å²) >= 11 is 0. The lowest BCUT2D eigenvalue weighted by atomic mass is 10.1. The standard InChI is InChI=1S/C11H13N3O5/c1-3-13(2)11(17)12-9-6-7(14(18)19)4-5-8(9)10(15)16/h4-6H,3H2,1-2H3,(H,12,17)(H,15,16). The second-order valence-corrected chi connectivity index (χ2v) is 3.74. The molecule has 0 bridgehead atoms. The van der Waals surface area contributed by atoms with Gasteiger partial charge < -0.3 is 15.3 Å². The SMILES string of the molecule is CCN(C)C(=O)Nc1cc([N+](=O)[O-])ccc1C(=O)O. The van der Waals surface area contributed by atoms with Crippen LogP contribution in [0.1, 0.15) is 17.3 Å². The summed E-state index contributed by atoms with van der Waals surface area (Å²) in [7, 11) is 1.52. The molecule has 8 nitrogen and oxygen atoms in total. The Morgan fingerprint density at radius 2 is 2.11 bits per heavy atom. The maximum Gasteiger partial charge on any atom is 0.337 e. The highest BCUT2D eigenvalue weighted by Crippen LogP contribution is 2.23. The molecule has 2 amide bonds. The van der Waals surface area contributed by atoms with E-state index in [1.54, 1.807) is 6.92 Å². The third-order valence-corrected chi connectivity index (χ3v) is 2.51. The van der Waals surface area contributed by atoms with Crippen LogP contribution < -0.4 is 5.32 Å². The van der Waals surface area contributed by atoms with Crippen molar-refractivity contribution in [3.8, 4) is 0 Å². The summed E-state index contributed by atoms with van der Waals surface area (Å²) in [4.78, 5) is 33.9. The molecule has 0 aliphatic carbocycles. The number of nitrogens with zero attached hydrogens (tertiary/aromatic N) is 2. The zero-order chi connectivity index (χ0) is 14.6. The number of nitro groups is 1. The Hall–Kier alpha value is -2.64. The molecule has 1 aromatic carbocycles. The molecule has 0 saturated carbocycles. The van der Waals surface area contributed by atoms with Gasteiger partial charge in [0.1, 0.15) is 0 Å². The first-order valence-electron chi connectivity index (χ1n) is 5.40. The zero-order valence-corrected chi connectivity index (χ0v) is 10.4. The van der Waals surface area contributed by atoms with Gasteiger partial charge in [-0.15, -0.1) is 0 Å². The second-order valence-electron chi connectivity index (χ2n) is 3.74. The molecule has 19 heavy (non-hydrogen) atoms. The topological polar surface area (TPSA) is 113 Å². The van der Waals surface area contributed by atoms with E-state index in [1.807, 2.05) is 0 Å². The van der Waals surface area contributed by atoms with Gasteiger partial charge in [-0.3, -0.25) is 10.1 Å². The fourth-order valence-corrected chi connectivity index (χ4v) is 1.29. The number of rotatable bonds is 4. The van der Waals surface area contributed by atoms with Crippen molar-refractivity contribution in [2.45, 2.75) is 6.92 Å². The maximum atomic E-state index is 11.7. The molecule has 1 aromatic rings. The van der Waals surface area contributed by atoms with Gasteiger partial charge in [0.05, 0.1) is 16.2 Å². The second kappa shape index (κ2) is 5.80. The van der Waals surface area contributed by atoms with E-state index in [1.165, 1.54) is 11.9 Å². The van der Waals surface area contributed by atoms with Crippen molar-refractivity contribution < 1.29 is 19.6 Å². The number of benzene rings is 1. The summed E-state index contributed by atoms with van der Waals surface area (Å²) in [6, 6.07) is 2.64. The first kappa shape index (κ1) is 14.4. The Labute approximate surface area is 108 Å². The first-order valence-corrected chi connectivity index (χ1v) is 5.40. The van der Waals surface area contributed by atoms with Gasteiger partial charge in [0.2, 0.25) is 0 Å². The monoisotopic (exact) mass is 267 g/mol. The lowest BCUT2D eigenvalue weighted by Crippen LogP contribution is -2.31. The van der Waals surface area contributed by atoms with Crippen LogP contribution in [-0.4, -0.2) is 40.5 Å². The number of carboxylic acids is 1. The number of aromatic carboxylic acids is 1. The van der Waals surface area contributed by atoms with Crippen molar-refractivity contribution in [1.82, 2.24) is 4.90 Å². The molecule has 0 radical (unpaired) electrons. The van der Waals surface area contributed by atoms with Crippen LogP contribution in [0.2, 0.25) is 0 Å². The number of carbonyl (C=O) groups excluding carboxylic acids is 1. The number of nitro benzene ring substituents is 1. The third-order valence-electron chi connectivity index (χ3n) is 2.51. The van der Waals surface area contributed by atoms with E-state index in [-0.39, 0.29) is 16.9 Å². The Kier molecular flexibility index (Phi) is 4.41. The zero-order valence-electron chi connectivity index (χ0n) is 10.4. The van der Waals surface area contributed by atoms with Crippen molar-refractivity contribution >= 4 is 23.4 Å². The van der Waals surface area contributed by atoms with Crippen molar-refractivity contribution in [3.63, 3.8) is 0 Å². The van der Waals surface area contributed by atoms with E-state index in [4.69, 9.17) is 5.11 Å². The van der Waals surface area contributed by atoms with Crippen LogP contribution in [-0.2, 0) is 0 Å². The van der Waals surface area contributed by atoms with Crippen LogP contribution in [0.4, 0.5) is 16.2 Å². The molecule has 0 aliphatic heterocycles. The van der Waals surface area contributed by atoms with Crippen molar-refractivity contribution in [2.24, 2.45) is 0 Å². The number of amides is 2. The van der Waals surface area contributed by atoms with Crippen LogP contribution in [0.5, 0.6) is 0 Å². The molecule has 102 valence electrons. The minimum atomic E-state index is -1.27. The average molecular weight is 267 g/mol. The number of carbonyl (C=O) groups is 2. The Bertz CT molecular complexity index is 529. The minimum Gasteiger partial charge on any atom is -0.478 e. The Morgan fingerprint density at radius 1 is 1.47 bits per heavy atom. The lowest BCUT2D eigenvalue weighted by Gasteiger charge is -2.16. The lowest BCUT2D eigenvalue weighted by molar-refractivity contribution is -0.384. The minimum absolute atomic E-state index is 0.105. The van der Waals surface area contributed by atoms with Gasteiger partial charge in [0.15, 0.2) is 0 Å². The quantitative estimate of drug-likeness (QED) is 0.637. The van der Waals surface area contributed by atoms with E-state index >= 15 is 0 Å². The predicted molar refractivity (Wildman–Crippen MR) is 67.4 cm³/mol. The highest BCUT2D eigenvalue weighted by molar-refractivity contribution is 6.00. The van der Waals surface area contributed by atoms with Crippen LogP contribution >= 0.6 is 0 Å². The molecule has 0 heterocycles. The molecular formula is C11H13N3O5. The van der Waals surface area contributed by atoms with E-state index in [0.717, 1.165) is 18.2 Å². The number of urea groups is 1. The molecule has 0 unspecified atom stereocenters. The van der Waals surface area contributed by atoms with Gasteiger partial charge in [-0.05, 0) is 13.0 Å². The highest BCUT2D eigenvalue weighted by atomic mass is 16.6. The van der Waals surface area contributed by atoms with Gasteiger partial charge in [-0.1, -0.05) is 0 Å². The molecule has 0 aliphatic rings.